The molecule has 1 aliphatic carbocycles. The Labute approximate surface area is 204 Å². The van der Waals surface area contributed by atoms with Crippen LogP contribution in [0.5, 0.6) is 5.75 Å². The molecule has 3 aromatic rings. The Morgan fingerprint density at radius 2 is 1.89 bits per heavy atom. The number of benzene rings is 1. The number of methoxy groups -OCH3 is 1. The Kier molecular flexibility index (Phi) is 6.12. The van der Waals surface area contributed by atoms with Gasteiger partial charge in [-0.15, -0.1) is 11.8 Å². The predicted octanol–water partition coefficient (Wildman–Crippen LogP) is 3.95. The second-order valence-electron chi connectivity index (χ2n) is 8.95. The molecule has 0 bridgehead atoms. The summed E-state index contributed by atoms with van der Waals surface area (Å²) in [6.07, 6.45) is 0.830. The number of hydrogen-bond acceptors (Lipinski definition) is 6. The fourth-order valence-electron chi connectivity index (χ4n) is 4.82. The van der Waals surface area contributed by atoms with Crippen LogP contribution in [0.15, 0.2) is 42.6 Å². The second kappa shape index (κ2) is 9.10. The van der Waals surface area contributed by atoms with Gasteiger partial charge in [0.2, 0.25) is 17.7 Å². The summed E-state index contributed by atoms with van der Waals surface area (Å²) in [5.41, 5.74) is 0.900. The maximum absolute atomic E-state index is 14.1. The summed E-state index contributed by atoms with van der Waals surface area (Å²) >= 11 is 1.47. The number of anilines is 1. The molecule has 2 aromatic heterocycles. The van der Waals surface area contributed by atoms with Crippen molar-refractivity contribution in [3.8, 4) is 5.75 Å². The van der Waals surface area contributed by atoms with Gasteiger partial charge in [-0.25, -0.2) is 13.8 Å². The zero-order valence-corrected chi connectivity index (χ0v) is 19.9. The highest BCUT2D eigenvalue weighted by molar-refractivity contribution is 7.99. The number of nitrogens with one attached hydrogen (secondary N) is 2. The Balaban J connectivity index is 1.41. The van der Waals surface area contributed by atoms with E-state index in [1.54, 1.807) is 49.7 Å². The average molecular weight is 502 g/mol. The number of carbonyl (C=O) groups is 2. The van der Waals surface area contributed by atoms with Gasteiger partial charge in [0.25, 0.3) is 0 Å². The van der Waals surface area contributed by atoms with Crippen LogP contribution in [0.4, 0.5) is 14.6 Å². The number of halogens is 2. The molecule has 2 fully saturated rings. The minimum atomic E-state index is -2.80. The Morgan fingerprint density at radius 3 is 2.60 bits per heavy atom. The number of aromatic nitrogens is 3. The van der Waals surface area contributed by atoms with Crippen LogP contribution in [0.1, 0.15) is 31.2 Å². The van der Waals surface area contributed by atoms with Gasteiger partial charge in [0, 0.05) is 18.6 Å². The highest BCUT2D eigenvalue weighted by Crippen LogP contribution is 2.47. The van der Waals surface area contributed by atoms with Gasteiger partial charge in [0.1, 0.15) is 23.1 Å². The van der Waals surface area contributed by atoms with Crippen LogP contribution >= 0.6 is 11.8 Å². The largest absolute Gasteiger partial charge is 0.497 e. The van der Waals surface area contributed by atoms with E-state index in [0.29, 0.717) is 34.3 Å². The molecule has 5 rings (SSSR count). The number of aromatic amines is 1. The summed E-state index contributed by atoms with van der Waals surface area (Å²) in [7, 11) is 1.54. The SMILES string of the molecule is COc1ccc(C2(C(=O)N3CSC[C@@H]3C(=O)Nc3ccc4[nH]ncc4n3)CCC(F)(F)CC2)cc1. The smallest absolute Gasteiger partial charge is 0.249 e. The van der Waals surface area contributed by atoms with Crippen LogP contribution in [0, 0.1) is 0 Å². The van der Waals surface area contributed by atoms with Crippen molar-refractivity contribution >= 4 is 40.4 Å². The molecule has 1 aliphatic heterocycles. The molecule has 0 unspecified atom stereocenters. The lowest BCUT2D eigenvalue weighted by Gasteiger charge is -2.42. The van der Waals surface area contributed by atoms with Gasteiger partial charge in [-0.3, -0.25) is 14.7 Å². The lowest BCUT2D eigenvalue weighted by molar-refractivity contribution is -0.146. The molecule has 1 saturated carbocycles. The number of H-pyrrole nitrogens is 1. The van der Waals surface area contributed by atoms with Crippen LogP contribution < -0.4 is 10.1 Å². The number of thioether (sulfide) groups is 1. The molecule has 2 N–H and O–H groups in total. The van der Waals surface area contributed by atoms with E-state index in [-0.39, 0.29) is 37.5 Å². The number of nitrogens with zero attached hydrogens (tertiary/aromatic N) is 3. The van der Waals surface area contributed by atoms with Crippen molar-refractivity contribution in [3.63, 3.8) is 0 Å². The van der Waals surface area contributed by atoms with Gasteiger partial charge < -0.3 is 15.0 Å². The first-order valence-corrected chi connectivity index (χ1v) is 12.5. The summed E-state index contributed by atoms with van der Waals surface area (Å²) in [4.78, 5) is 33.1. The number of alkyl halides is 2. The van der Waals surface area contributed by atoms with Gasteiger partial charge in [-0.1, -0.05) is 12.1 Å². The maximum Gasteiger partial charge on any atom is 0.249 e. The topological polar surface area (TPSA) is 100 Å². The van der Waals surface area contributed by atoms with Gasteiger partial charge in [-0.05, 0) is 42.7 Å². The summed E-state index contributed by atoms with van der Waals surface area (Å²) in [6.45, 7) is 0. The van der Waals surface area contributed by atoms with E-state index in [2.05, 4.69) is 20.5 Å². The summed E-state index contributed by atoms with van der Waals surface area (Å²) in [6, 6.07) is 9.69. The minimum absolute atomic E-state index is 0.0133. The standard InChI is InChI=1S/C24H25F2N5O3S/c1-34-16-4-2-15(3-5-16)23(8-10-24(25,26)11-9-23)22(33)31-14-35-13-19(31)21(32)29-20-7-6-17-18(28-20)12-27-30-17/h2-7,12,19H,8-11,13-14H2,1H3,(H,27,30)(H,28,29,32)/t19-/m1/s1. The van der Waals surface area contributed by atoms with Crippen LogP contribution in [0.3, 0.4) is 0 Å². The molecule has 35 heavy (non-hydrogen) atoms. The van der Waals surface area contributed by atoms with E-state index in [9.17, 15) is 18.4 Å². The van der Waals surface area contributed by atoms with E-state index in [1.807, 2.05) is 0 Å². The molecular formula is C24H25F2N5O3S. The summed E-state index contributed by atoms with van der Waals surface area (Å²) in [5, 5.41) is 9.53. The van der Waals surface area contributed by atoms with Crippen molar-refractivity contribution in [1.29, 1.82) is 0 Å². The molecule has 8 nitrogen and oxygen atoms in total. The van der Waals surface area contributed by atoms with Crippen LogP contribution in [-0.2, 0) is 15.0 Å². The number of hydrogen-bond donors (Lipinski definition) is 2. The molecule has 1 atom stereocenters. The molecule has 184 valence electrons. The maximum atomic E-state index is 14.1. The monoisotopic (exact) mass is 501 g/mol. The molecule has 11 heteroatoms. The third-order valence-corrected chi connectivity index (χ3v) is 7.89. The number of pyridine rings is 1. The molecular weight excluding hydrogens is 476 g/mol. The fourth-order valence-corrected chi connectivity index (χ4v) is 5.98. The lowest BCUT2D eigenvalue weighted by atomic mass is 9.67. The van der Waals surface area contributed by atoms with E-state index < -0.39 is 17.4 Å². The average Bonchev–Trinajstić information content (AvgIpc) is 3.53. The van der Waals surface area contributed by atoms with Gasteiger partial charge >= 0.3 is 0 Å². The number of carbonyl (C=O) groups excluding carboxylic acids is 2. The summed E-state index contributed by atoms with van der Waals surface area (Å²) in [5.74, 6) is -1.74. The molecule has 0 radical (unpaired) electrons. The fraction of sp³-hybridized carbons (Fsp3) is 0.417. The first-order chi connectivity index (χ1) is 16.8. The van der Waals surface area contributed by atoms with E-state index >= 15 is 0 Å². The predicted molar refractivity (Wildman–Crippen MR) is 129 cm³/mol. The van der Waals surface area contributed by atoms with Crippen molar-refractivity contribution in [2.24, 2.45) is 0 Å². The molecule has 0 spiro atoms. The van der Waals surface area contributed by atoms with Crippen molar-refractivity contribution in [1.82, 2.24) is 20.1 Å². The third kappa shape index (κ3) is 4.44. The van der Waals surface area contributed by atoms with Crippen molar-refractivity contribution in [2.45, 2.75) is 43.1 Å². The number of amides is 2. The molecule has 2 aliphatic rings. The Morgan fingerprint density at radius 1 is 1.14 bits per heavy atom. The first kappa shape index (κ1) is 23.5. The van der Waals surface area contributed by atoms with E-state index in [0.717, 1.165) is 5.52 Å². The molecule has 1 aromatic carbocycles. The van der Waals surface area contributed by atoms with Crippen molar-refractivity contribution in [2.75, 3.05) is 24.1 Å². The first-order valence-electron chi connectivity index (χ1n) is 11.3. The van der Waals surface area contributed by atoms with Gasteiger partial charge in [0.15, 0.2) is 0 Å². The Bertz CT molecular complexity index is 1240. The van der Waals surface area contributed by atoms with Gasteiger partial charge in [-0.2, -0.15) is 5.10 Å². The van der Waals surface area contributed by atoms with Crippen molar-refractivity contribution in [3.05, 3.63) is 48.2 Å². The highest BCUT2D eigenvalue weighted by atomic mass is 32.2. The zero-order chi connectivity index (χ0) is 24.6. The number of ether oxygens (including phenoxy) is 1. The highest BCUT2D eigenvalue weighted by Gasteiger charge is 2.52. The van der Waals surface area contributed by atoms with Crippen molar-refractivity contribution < 1.29 is 23.1 Å². The zero-order valence-electron chi connectivity index (χ0n) is 19.1. The second-order valence-corrected chi connectivity index (χ2v) is 9.95. The van der Waals surface area contributed by atoms with E-state index in [1.165, 1.54) is 16.7 Å². The third-order valence-electron chi connectivity index (χ3n) is 6.88. The van der Waals surface area contributed by atoms with Crippen LogP contribution in [0.25, 0.3) is 11.0 Å². The number of rotatable bonds is 5. The van der Waals surface area contributed by atoms with Crippen LogP contribution in [0.2, 0.25) is 0 Å². The quantitative estimate of drug-likeness (QED) is 0.549. The van der Waals surface area contributed by atoms with E-state index in [4.69, 9.17) is 4.74 Å². The summed E-state index contributed by atoms with van der Waals surface area (Å²) < 4.78 is 33.5. The lowest BCUT2D eigenvalue weighted by Crippen LogP contribution is -2.54. The molecule has 1 saturated heterocycles. The van der Waals surface area contributed by atoms with Gasteiger partial charge in [0.05, 0.1) is 30.1 Å². The normalized spacial score (nSPS) is 21.1. The molecule has 2 amide bonds. The molecule has 3 heterocycles. The number of fused-ring (bicyclic) bond motifs is 1. The Hall–Kier alpha value is -3.21. The minimum Gasteiger partial charge on any atom is -0.497 e. The van der Waals surface area contributed by atoms with Crippen LogP contribution in [-0.4, -0.2) is 62.6 Å².